The van der Waals surface area contributed by atoms with Crippen LogP contribution in [0.25, 0.3) is 0 Å². The molecule has 0 saturated carbocycles. The van der Waals surface area contributed by atoms with Gasteiger partial charge >= 0.3 is 0 Å². The first-order chi connectivity index (χ1) is 12.6. The third-order valence-electron chi connectivity index (χ3n) is 3.60. The molecule has 0 radical (unpaired) electrons. The maximum atomic E-state index is 12.1. The van der Waals surface area contributed by atoms with Crippen molar-refractivity contribution < 1.29 is 19.9 Å². The summed E-state index contributed by atoms with van der Waals surface area (Å²) >= 11 is 0. The summed E-state index contributed by atoms with van der Waals surface area (Å²) in [6.07, 6.45) is 0. The van der Waals surface area contributed by atoms with E-state index in [4.69, 9.17) is 16.0 Å². The normalized spacial score (nSPS) is 10.6. The Hall–Kier alpha value is -3.18. The highest BCUT2D eigenvalue weighted by molar-refractivity contribution is 5.97. The molecule has 1 atom stereocenters. The molecule has 7 heteroatoms. The molecule has 0 unspecified atom stereocenters. The van der Waals surface area contributed by atoms with E-state index in [1.807, 2.05) is 12.1 Å². The lowest BCUT2D eigenvalue weighted by atomic mass is 10.1. The molecule has 2 rings (SSSR count). The molecule has 0 aliphatic carbocycles. The monoisotopic (exact) mass is 369 g/mol. The Labute approximate surface area is 158 Å². The fourth-order valence-electron chi connectivity index (χ4n) is 2.09. The van der Waals surface area contributed by atoms with Gasteiger partial charge in [-0.2, -0.15) is 0 Å². The van der Waals surface area contributed by atoms with Crippen LogP contribution in [0, 0.1) is 11.8 Å². The number of nitrogens with two attached hydrogens (primary N) is 1. The van der Waals surface area contributed by atoms with E-state index >= 15 is 0 Å². The molecule has 0 aliphatic heterocycles. The van der Waals surface area contributed by atoms with Gasteiger partial charge in [0.2, 0.25) is 0 Å². The van der Waals surface area contributed by atoms with E-state index in [1.165, 1.54) is 5.48 Å². The van der Waals surface area contributed by atoms with E-state index in [0.717, 1.165) is 16.7 Å². The number of aliphatic hydroxyl groups is 1. The minimum Gasteiger partial charge on any atom is -0.392 e. The average Bonchev–Trinajstić information content (AvgIpc) is 2.70. The molecule has 0 fully saturated rings. The first kappa shape index (κ1) is 21.9. The van der Waals surface area contributed by atoms with Gasteiger partial charge in [0.15, 0.2) is 0 Å². The summed E-state index contributed by atoms with van der Waals surface area (Å²) < 4.78 is 0. The largest absolute Gasteiger partial charge is 0.392 e. The summed E-state index contributed by atoms with van der Waals surface area (Å²) in [4.78, 5) is 23.4. The van der Waals surface area contributed by atoms with Crippen LogP contribution >= 0.6 is 0 Å². The predicted molar refractivity (Wildman–Crippen MR) is 102 cm³/mol. The van der Waals surface area contributed by atoms with Gasteiger partial charge in [-0.05, 0) is 42.0 Å². The molecular weight excluding hydrogens is 346 g/mol. The molecule has 0 spiro atoms. The standard InChI is InChI=1S/C19H19N3O4.CH4/c20-11-17(19(25)22-26)21-18(24)16-9-7-14(8-10-16)2-1-13-3-5-15(12-23)6-4-13;/h3-10,17,23,26H,11-12,20H2,(H,21,24)(H,22,25);1H4/t17-;/m0./s1. The first-order valence-electron chi connectivity index (χ1n) is 7.84. The molecule has 2 aromatic carbocycles. The van der Waals surface area contributed by atoms with Crippen molar-refractivity contribution in [1.82, 2.24) is 10.8 Å². The van der Waals surface area contributed by atoms with Crippen molar-refractivity contribution >= 4 is 11.8 Å². The Bertz CT molecular complexity index is 821. The molecule has 2 aromatic rings. The highest BCUT2D eigenvalue weighted by atomic mass is 16.5. The van der Waals surface area contributed by atoms with E-state index in [2.05, 4.69) is 17.2 Å². The number of rotatable bonds is 5. The second-order valence-electron chi connectivity index (χ2n) is 5.42. The van der Waals surface area contributed by atoms with Crippen LogP contribution in [-0.4, -0.2) is 34.7 Å². The lowest BCUT2D eigenvalue weighted by Crippen LogP contribution is -2.50. The number of carbonyl (C=O) groups excluding carboxylic acids is 2. The lowest BCUT2D eigenvalue weighted by molar-refractivity contribution is -0.130. The SMILES string of the molecule is C.NC[C@H](NC(=O)c1ccc(C#Cc2ccc(CO)cc2)cc1)C(=O)NO. The Balaban J connectivity index is 0.00000364. The van der Waals surface area contributed by atoms with Crippen molar-refractivity contribution in [2.24, 2.45) is 5.73 Å². The minimum atomic E-state index is -1.02. The molecule has 0 aliphatic rings. The molecular formula is C20H23N3O4. The molecule has 0 heterocycles. The van der Waals surface area contributed by atoms with Crippen LogP contribution in [0.3, 0.4) is 0 Å². The highest BCUT2D eigenvalue weighted by Crippen LogP contribution is 2.06. The number of aliphatic hydroxyl groups excluding tert-OH is 1. The summed E-state index contributed by atoms with van der Waals surface area (Å²) in [6, 6.07) is 12.8. The van der Waals surface area contributed by atoms with Crippen molar-refractivity contribution in [3.63, 3.8) is 0 Å². The number of hydrogen-bond acceptors (Lipinski definition) is 5. The lowest BCUT2D eigenvalue weighted by Gasteiger charge is -2.14. The molecule has 0 aromatic heterocycles. The summed E-state index contributed by atoms with van der Waals surface area (Å²) in [7, 11) is 0. The fraction of sp³-hybridized carbons (Fsp3) is 0.200. The number of hydrogen-bond donors (Lipinski definition) is 5. The third-order valence-corrected chi connectivity index (χ3v) is 3.60. The Morgan fingerprint density at radius 1 is 1.00 bits per heavy atom. The second-order valence-corrected chi connectivity index (χ2v) is 5.42. The molecule has 2 amide bonds. The summed E-state index contributed by atoms with van der Waals surface area (Å²) in [6.45, 7) is -0.154. The van der Waals surface area contributed by atoms with E-state index in [1.54, 1.807) is 36.4 Å². The maximum Gasteiger partial charge on any atom is 0.267 e. The zero-order valence-corrected chi connectivity index (χ0v) is 13.9. The summed E-state index contributed by atoms with van der Waals surface area (Å²) in [5.41, 5.74) is 9.53. The zero-order chi connectivity index (χ0) is 18.9. The van der Waals surface area contributed by atoms with Crippen LogP contribution in [0.4, 0.5) is 0 Å². The van der Waals surface area contributed by atoms with Crippen LogP contribution in [0.5, 0.6) is 0 Å². The van der Waals surface area contributed by atoms with Crippen molar-refractivity contribution in [2.45, 2.75) is 20.1 Å². The van der Waals surface area contributed by atoms with Gasteiger partial charge in [-0.3, -0.25) is 14.8 Å². The maximum absolute atomic E-state index is 12.1. The van der Waals surface area contributed by atoms with Gasteiger partial charge in [0, 0.05) is 23.2 Å². The molecule has 0 bridgehead atoms. The van der Waals surface area contributed by atoms with Crippen LogP contribution in [0.15, 0.2) is 48.5 Å². The van der Waals surface area contributed by atoms with Crippen molar-refractivity contribution in [1.29, 1.82) is 0 Å². The number of carbonyl (C=O) groups is 2. The fourth-order valence-corrected chi connectivity index (χ4v) is 2.09. The smallest absolute Gasteiger partial charge is 0.267 e. The predicted octanol–water partition coefficient (Wildman–Crippen LogP) is 0.777. The Kier molecular flexibility index (Phi) is 8.69. The topological polar surface area (TPSA) is 125 Å². The van der Waals surface area contributed by atoms with Gasteiger partial charge in [0.1, 0.15) is 6.04 Å². The quantitative estimate of drug-likeness (QED) is 0.303. The van der Waals surface area contributed by atoms with Crippen LogP contribution in [0.2, 0.25) is 0 Å². The molecule has 0 saturated heterocycles. The Morgan fingerprint density at radius 2 is 1.52 bits per heavy atom. The highest BCUT2D eigenvalue weighted by Gasteiger charge is 2.19. The van der Waals surface area contributed by atoms with Gasteiger partial charge in [-0.25, -0.2) is 5.48 Å². The summed E-state index contributed by atoms with van der Waals surface area (Å²) in [5, 5.41) is 20.0. The Morgan fingerprint density at radius 3 is 1.96 bits per heavy atom. The van der Waals surface area contributed by atoms with Gasteiger partial charge in [0.05, 0.1) is 6.61 Å². The van der Waals surface area contributed by atoms with Gasteiger partial charge in [0.25, 0.3) is 11.8 Å². The first-order valence-corrected chi connectivity index (χ1v) is 7.84. The average molecular weight is 369 g/mol. The van der Waals surface area contributed by atoms with Crippen molar-refractivity contribution in [3.05, 3.63) is 70.8 Å². The van der Waals surface area contributed by atoms with Gasteiger partial charge in [-0.1, -0.05) is 31.4 Å². The number of benzene rings is 2. The molecule has 6 N–H and O–H groups in total. The van der Waals surface area contributed by atoms with Crippen LogP contribution in [-0.2, 0) is 11.4 Å². The number of hydroxylamine groups is 1. The number of nitrogens with one attached hydrogen (secondary N) is 2. The molecule has 142 valence electrons. The minimum absolute atomic E-state index is 0. The van der Waals surface area contributed by atoms with Crippen LogP contribution in [0.1, 0.15) is 34.5 Å². The molecule has 7 nitrogen and oxygen atoms in total. The zero-order valence-electron chi connectivity index (χ0n) is 13.9. The van der Waals surface area contributed by atoms with E-state index in [-0.39, 0.29) is 20.6 Å². The molecule has 27 heavy (non-hydrogen) atoms. The van der Waals surface area contributed by atoms with Crippen molar-refractivity contribution in [3.8, 4) is 11.8 Å². The van der Waals surface area contributed by atoms with E-state index in [9.17, 15) is 9.59 Å². The van der Waals surface area contributed by atoms with E-state index in [0.29, 0.717) is 5.56 Å². The second kappa shape index (κ2) is 10.7. The van der Waals surface area contributed by atoms with Crippen molar-refractivity contribution in [2.75, 3.05) is 6.54 Å². The summed E-state index contributed by atoms with van der Waals surface area (Å²) in [5.74, 6) is 4.71. The third kappa shape index (κ3) is 6.24. The van der Waals surface area contributed by atoms with Gasteiger partial charge in [-0.15, -0.1) is 0 Å². The van der Waals surface area contributed by atoms with Gasteiger partial charge < -0.3 is 16.2 Å². The van der Waals surface area contributed by atoms with E-state index < -0.39 is 17.9 Å². The van der Waals surface area contributed by atoms with Crippen LogP contribution < -0.4 is 16.5 Å². The number of amides is 2.